The van der Waals surface area contributed by atoms with Gasteiger partial charge in [0.2, 0.25) is 0 Å². The number of hydrogen-bond acceptors (Lipinski definition) is 4. The summed E-state index contributed by atoms with van der Waals surface area (Å²) in [6.07, 6.45) is 7.48. The zero-order valence-corrected chi connectivity index (χ0v) is 11.5. The van der Waals surface area contributed by atoms with Crippen molar-refractivity contribution >= 4 is 5.97 Å². The summed E-state index contributed by atoms with van der Waals surface area (Å²) >= 11 is 0. The smallest absolute Gasteiger partial charge is 0.328 e. The molecule has 0 spiro atoms. The van der Waals surface area contributed by atoms with Crippen LogP contribution in [0.15, 0.2) is 0 Å². The molecule has 0 saturated heterocycles. The predicted octanol–water partition coefficient (Wildman–Crippen LogP) is 1.88. The molecular formula is C14H25NO3. The van der Waals surface area contributed by atoms with Crippen LogP contribution in [0.1, 0.15) is 45.4 Å². The minimum Gasteiger partial charge on any atom is -0.468 e. The van der Waals surface area contributed by atoms with Crippen LogP contribution in [-0.4, -0.2) is 37.9 Å². The van der Waals surface area contributed by atoms with E-state index in [1.807, 2.05) is 6.92 Å². The zero-order valence-electron chi connectivity index (χ0n) is 11.5. The first-order valence-electron chi connectivity index (χ1n) is 7.08. The van der Waals surface area contributed by atoms with E-state index in [1.54, 1.807) is 0 Å². The first-order valence-corrected chi connectivity index (χ1v) is 7.08. The Morgan fingerprint density at radius 3 is 2.50 bits per heavy atom. The monoisotopic (exact) mass is 255 g/mol. The molecule has 1 atom stereocenters. The molecule has 1 N–H and O–H groups in total. The standard InChI is InChI=1S/C14H25NO3/c1-14(13(16)17-2,15-12-7-8-12)10-18-9-11-5-3-4-6-11/h11-12,15H,3-10H2,1-2H3. The lowest BCUT2D eigenvalue weighted by Crippen LogP contribution is -2.54. The highest BCUT2D eigenvalue weighted by Crippen LogP contribution is 2.26. The van der Waals surface area contributed by atoms with Crippen LogP contribution in [-0.2, 0) is 14.3 Å². The average molecular weight is 255 g/mol. The fraction of sp³-hybridized carbons (Fsp3) is 0.929. The number of rotatable bonds is 7. The van der Waals surface area contributed by atoms with Gasteiger partial charge in [-0.3, -0.25) is 5.32 Å². The maximum Gasteiger partial charge on any atom is 0.328 e. The van der Waals surface area contributed by atoms with Crippen molar-refractivity contribution < 1.29 is 14.3 Å². The zero-order chi connectivity index (χ0) is 13.0. The fourth-order valence-corrected chi connectivity index (χ4v) is 2.67. The van der Waals surface area contributed by atoms with Crippen molar-refractivity contribution in [3.05, 3.63) is 0 Å². The Hall–Kier alpha value is -0.610. The Labute approximate surface area is 109 Å². The van der Waals surface area contributed by atoms with Gasteiger partial charge in [0.05, 0.1) is 13.7 Å². The normalized spacial score (nSPS) is 23.9. The second kappa shape index (κ2) is 6.02. The number of methoxy groups -OCH3 is 1. The van der Waals surface area contributed by atoms with Crippen molar-refractivity contribution in [2.45, 2.75) is 57.0 Å². The van der Waals surface area contributed by atoms with Crippen LogP contribution in [0.3, 0.4) is 0 Å². The van der Waals surface area contributed by atoms with E-state index in [9.17, 15) is 4.79 Å². The van der Waals surface area contributed by atoms with Gasteiger partial charge in [0, 0.05) is 12.6 Å². The van der Waals surface area contributed by atoms with E-state index in [0.717, 1.165) is 19.4 Å². The molecule has 4 heteroatoms. The summed E-state index contributed by atoms with van der Waals surface area (Å²) in [6.45, 7) is 3.07. The maximum absolute atomic E-state index is 11.9. The van der Waals surface area contributed by atoms with Gasteiger partial charge in [-0.15, -0.1) is 0 Å². The van der Waals surface area contributed by atoms with Crippen molar-refractivity contribution in [3.63, 3.8) is 0 Å². The van der Waals surface area contributed by atoms with Gasteiger partial charge >= 0.3 is 5.97 Å². The number of esters is 1. The molecule has 2 aliphatic carbocycles. The molecule has 18 heavy (non-hydrogen) atoms. The van der Waals surface area contributed by atoms with Crippen LogP contribution in [0.25, 0.3) is 0 Å². The molecule has 2 rings (SSSR count). The van der Waals surface area contributed by atoms with E-state index in [1.165, 1.54) is 32.8 Å². The van der Waals surface area contributed by atoms with Gasteiger partial charge < -0.3 is 9.47 Å². The van der Waals surface area contributed by atoms with Crippen molar-refractivity contribution in [2.75, 3.05) is 20.3 Å². The molecular weight excluding hydrogens is 230 g/mol. The van der Waals surface area contributed by atoms with Crippen LogP contribution in [0.2, 0.25) is 0 Å². The Morgan fingerprint density at radius 2 is 1.94 bits per heavy atom. The number of carbonyl (C=O) groups is 1. The van der Waals surface area contributed by atoms with Gasteiger partial charge in [0.15, 0.2) is 0 Å². The minimum atomic E-state index is -0.686. The van der Waals surface area contributed by atoms with E-state index in [4.69, 9.17) is 9.47 Å². The molecule has 0 aromatic heterocycles. The molecule has 0 aromatic rings. The van der Waals surface area contributed by atoms with E-state index >= 15 is 0 Å². The van der Waals surface area contributed by atoms with Gasteiger partial charge in [0.1, 0.15) is 5.54 Å². The lowest BCUT2D eigenvalue weighted by atomic mass is 10.0. The lowest BCUT2D eigenvalue weighted by Gasteiger charge is -2.28. The van der Waals surface area contributed by atoms with Crippen LogP contribution >= 0.6 is 0 Å². The molecule has 0 amide bonds. The van der Waals surface area contributed by atoms with Crippen LogP contribution in [0.4, 0.5) is 0 Å². The summed E-state index contributed by atoms with van der Waals surface area (Å²) in [5.41, 5.74) is -0.686. The number of ether oxygens (including phenoxy) is 2. The molecule has 2 saturated carbocycles. The molecule has 1 unspecified atom stereocenters. The summed E-state index contributed by atoms with van der Waals surface area (Å²) in [6, 6.07) is 0.462. The molecule has 0 radical (unpaired) electrons. The SMILES string of the molecule is COC(=O)C(C)(COCC1CCCC1)NC1CC1. The first-order chi connectivity index (χ1) is 8.64. The van der Waals surface area contributed by atoms with Crippen LogP contribution in [0.5, 0.6) is 0 Å². The Bertz CT molecular complexity index is 285. The second-order valence-electron chi connectivity index (χ2n) is 5.91. The number of hydrogen-bond donors (Lipinski definition) is 1. The van der Waals surface area contributed by atoms with E-state index < -0.39 is 5.54 Å². The maximum atomic E-state index is 11.9. The molecule has 2 fully saturated rings. The van der Waals surface area contributed by atoms with Gasteiger partial charge in [-0.1, -0.05) is 12.8 Å². The van der Waals surface area contributed by atoms with Crippen molar-refractivity contribution in [2.24, 2.45) is 5.92 Å². The van der Waals surface area contributed by atoms with Gasteiger partial charge in [-0.2, -0.15) is 0 Å². The van der Waals surface area contributed by atoms with Crippen molar-refractivity contribution in [1.29, 1.82) is 0 Å². The molecule has 4 nitrogen and oxygen atoms in total. The predicted molar refractivity (Wildman–Crippen MR) is 69.4 cm³/mol. The number of nitrogens with one attached hydrogen (secondary N) is 1. The lowest BCUT2D eigenvalue weighted by molar-refractivity contribution is -0.151. The van der Waals surface area contributed by atoms with Gasteiger partial charge in [0.25, 0.3) is 0 Å². The summed E-state index contributed by atoms with van der Waals surface area (Å²) in [5.74, 6) is 0.466. The Balaban J connectivity index is 1.78. The van der Waals surface area contributed by atoms with Crippen LogP contribution < -0.4 is 5.32 Å². The fourth-order valence-electron chi connectivity index (χ4n) is 2.67. The molecule has 0 heterocycles. The number of carbonyl (C=O) groups excluding carboxylic acids is 1. The van der Waals surface area contributed by atoms with E-state index in [-0.39, 0.29) is 5.97 Å². The van der Waals surface area contributed by atoms with Crippen molar-refractivity contribution in [3.8, 4) is 0 Å². The van der Waals surface area contributed by atoms with Gasteiger partial charge in [-0.25, -0.2) is 4.79 Å². The largest absolute Gasteiger partial charge is 0.468 e. The molecule has 0 aromatic carbocycles. The highest BCUT2D eigenvalue weighted by Gasteiger charge is 2.39. The molecule has 2 aliphatic rings. The third kappa shape index (κ3) is 3.69. The third-order valence-electron chi connectivity index (χ3n) is 3.95. The topological polar surface area (TPSA) is 47.6 Å². The van der Waals surface area contributed by atoms with Gasteiger partial charge in [-0.05, 0) is 38.5 Å². The van der Waals surface area contributed by atoms with Crippen molar-refractivity contribution in [1.82, 2.24) is 5.32 Å². The third-order valence-corrected chi connectivity index (χ3v) is 3.95. The summed E-state index contributed by atoms with van der Waals surface area (Å²) in [5, 5.41) is 3.34. The summed E-state index contributed by atoms with van der Waals surface area (Å²) < 4.78 is 10.7. The Morgan fingerprint density at radius 1 is 1.28 bits per heavy atom. The summed E-state index contributed by atoms with van der Waals surface area (Å²) in [7, 11) is 1.44. The Kier molecular flexibility index (Phi) is 4.62. The second-order valence-corrected chi connectivity index (χ2v) is 5.91. The summed E-state index contributed by atoms with van der Waals surface area (Å²) in [4.78, 5) is 11.9. The first kappa shape index (κ1) is 13.8. The minimum absolute atomic E-state index is 0.221. The molecule has 0 bridgehead atoms. The highest BCUT2D eigenvalue weighted by molar-refractivity contribution is 5.80. The molecule has 104 valence electrons. The average Bonchev–Trinajstić information content (AvgIpc) is 3.01. The quantitative estimate of drug-likeness (QED) is 0.706. The van der Waals surface area contributed by atoms with E-state index in [0.29, 0.717) is 18.6 Å². The van der Waals surface area contributed by atoms with Crippen LogP contribution in [0, 0.1) is 5.92 Å². The molecule has 0 aliphatic heterocycles. The highest BCUT2D eigenvalue weighted by atomic mass is 16.5. The van der Waals surface area contributed by atoms with E-state index in [2.05, 4.69) is 5.32 Å².